The number of benzene rings is 2. The second-order valence-corrected chi connectivity index (χ2v) is 7.57. The quantitative estimate of drug-likeness (QED) is 0.474. The molecule has 0 radical (unpaired) electrons. The van der Waals surface area contributed by atoms with Gasteiger partial charge in [0.2, 0.25) is 5.91 Å². The molecule has 32 heavy (non-hydrogen) atoms. The van der Waals surface area contributed by atoms with Crippen molar-refractivity contribution in [3.05, 3.63) is 118 Å². The van der Waals surface area contributed by atoms with Gasteiger partial charge in [0.25, 0.3) is 5.56 Å². The van der Waals surface area contributed by atoms with Crippen LogP contribution in [0.15, 0.2) is 90.0 Å². The van der Waals surface area contributed by atoms with Gasteiger partial charge in [0.1, 0.15) is 5.82 Å². The molecule has 6 heteroatoms. The summed E-state index contributed by atoms with van der Waals surface area (Å²) < 4.78 is 0. The number of aromatic amines is 1. The first-order chi connectivity index (χ1) is 15.6. The van der Waals surface area contributed by atoms with Crippen LogP contribution in [0.2, 0.25) is 0 Å². The third-order valence-electron chi connectivity index (χ3n) is 5.42. The molecule has 0 saturated heterocycles. The van der Waals surface area contributed by atoms with Crippen LogP contribution in [0.4, 0.5) is 0 Å². The highest BCUT2D eigenvalue weighted by Crippen LogP contribution is 2.23. The molecular formula is C26H24N4O2. The van der Waals surface area contributed by atoms with Crippen molar-refractivity contribution in [3.63, 3.8) is 0 Å². The first kappa shape index (κ1) is 21.2. The molecule has 0 aliphatic rings. The summed E-state index contributed by atoms with van der Waals surface area (Å²) in [6.45, 7) is 2.19. The van der Waals surface area contributed by atoms with Gasteiger partial charge in [-0.05, 0) is 30.2 Å². The zero-order chi connectivity index (χ0) is 22.3. The van der Waals surface area contributed by atoms with Crippen molar-refractivity contribution in [2.75, 3.05) is 6.54 Å². The lowest BCUT2D eigenvalue weighted by molar-refractivity contribution is -0.120. The Bertz CT molecular complexity index is 1200. The molecule has 0 aliphatic heterocycles. The molecule has 0 atom stereocenters. The number of nitrogens with zero attached hydrogens (tertiary/aromatic N) is 2. The zero-order valence-electron chi connectivity index (χ0n) is 17.8. The fourth-order valence-electron chi connectivity index (χ4n) is 3.70. The van der Waals surface area contributed by atoms with E-state index in [9.17, 15) is 9.59 Å². The molecule has 2 aromatic heterocycles. The van der Waals surface area contributed by atoms with Gasteiger partial charge >= 0.3 is 0 Å². The van der Waals surface area contributed by atoms with E-state index in [0.29, 0.717) is 23.6 Å². The monoisotopic (exact) mass is 424 g/mol. The number of nitrogens with one attached hydrogen (secondary N) is 2. The van der Waals surface area contributed by atoms with Crippen molar-refractivity contribution < 1.29 is 4.79 Å². The van der Waals surface area contributed by atoms with Crippen molar-refractivity contribution in [3.8, 4) is 11.4 Å². The van der Waals surface area contributed by atoms with Crippen LogP contribution in [0.5, 0.6) is 0 Å². The Morgan fingerprint density at radius 2 is 1.53 bits per heavy atom. The maximum Gasteiger partial charge on any atom is 0.255 e. The van der Waals surface area contributed by atoms with E-state index >= 15 is 0 Å². The van der Waals surface area contributed by atoms with E-state index in [0.717, 1.165) is 16.7 Å². The molecule has 2 heterocycles. The Morgan fingerprint density at radius 1 is 0.938 bits per heavy atom. The Balaban J connectivity index is 1.49. The number of aryl methyl sites for hydroxylation is 1. The Morgan fingerprint density at radius 3 is 2.09 bits per heavy atom. The number of hydrogen-bond donors (Lipinski definition) is 2. The molecule has 2 N–H and O–H groups in total. The number of H-pyrrole nitrogens is 1. The van der Waals surface area contributed by atoms with Crippen LogP contribution in [-0.2, 0) is 11.2 Å². The number of rotatable bonds is 7. The van der Waals surface area contributed by atoms with Gasteiger partial charge in [0.05, 0.1) is 6.42 Å². The van der Waals surface area contributed by atoms with E-state index < -0.39 is 0 Å². The normalized spacial score (nSPS) is 10.8. The smallest absolute Gasteiger partial charge is 0.255 e. The largest absolute Gasteiger partial charge is 0.355 e. The maximum absolute atomic E-state index is 12.7. The summed E-state index contributed by atoms with van der Waals surface area (Å²) in [5, 5.41) is 3.00. The van der Waals surface area contributed by atoms with Crippen molar-refractivity contribution in [1.82, 2.24) is 20.3 Å². The third kappa shape index (κ3) is 4.98. The first-order valence-corrected chi connectivity index (χ1v) is 10.5. The highest BCUT2D eigenvalue weighted by atomic mass is 16.2. The molecule has 4 aromatic rings. The van der Waals surface area contributed by atoms with E-state index in [1.807, 2.05) is 36.4 Å². The van der Waals surface area contributed by atoms with E-state index in [2.05, 4.69) is 44.5 Å². The molecule has 0 unspecified atom stereocenters. The van der Waals surface area contributed by atoms with Gasteiger partial charge in [-0.15, -0.1) is 0 Å². The minimum Gasteiger partial charge on any atom is -0.355 e. The van der Waals surface area contributed by atoms with Crippen molar-refractivity contribution in [2.24, 2.45) is 0 Å². The second-order valence-electron chi connectivity index (χ2n) is 7.57. The zero-order valence-corrected chi connectivity index (χ0v) is 17.8. The number of carbonyl (C=O) groups excluding carboxylic acids is 1. The van der Waals surface area contributed by atoms with Gasteiger partial charge in [0.15, 0.2) is 0 Å². The highest BCUT2D eigenvalue weighted by molar-refractivity contribution is 5.79. The lowest BCUT2D eigenvalue weighted by Gasteiger charge is -2.19. The average molecular weight is 425 g/mol. The van der Waals surface area contributed by atoms with E-state index in [-0.39, 0.29) is 23.8 Å². The van der Waals surface area contributed by atoms with Crippen molar-refractivity contribution in [1.29, 1.82) is 0 Å². The van der Waals surface area contributed by atoms with Gasteiger partial charge in [-0.3, -0.25) is 14.6 Å². The van der Waals surface area contributed by atoms with E-state index in [1.54, 1.807) is 31.5 Å². The van der Waals surface area contributed by atoms with Crippen LogP contribution in [0, 0.1) is 6.92 Å². The minimum absolute atomic E-state index is 0.0212. The summed E-state index contributed by atoms with van der Waals surface area (Å²) in [6, 6.07) is 23.7. The summed E-state index contributed by atoms with van der Waals surface area (Å²) in [5.74, 6) is 0.272. The SMILES string of the molecule is Cc1nc(-c2ccncc2)[nH]c(=O)c1CC(=O)NCC(c1ccccc1)c1ccccc1. The van der Waals surface area contributed by atoms with Crippen LogP contribution in [0.25, 0.3) is 11.4 Å². The van der Waals surface area contributed by atoms with Crippen LogP contribution < -0.4 is 10.9 Å². The van der Waals surface area contributed by atoms with Gasteiger partial charge in [0, 0.05) is 41.7 Å². The molecule has 6 nitrogen and oxygen atoms in total. The molecule has 0 fully saturated rings. The number of pyridine rings is 1. The summed E-state index contributed by atoms with van der Waals surface area (Å²) >= 11 is 0. The molecule has 0 aliphatic carbocycles. The number of aromatic nitrogens is 3. The third-order valence-corrected chi connectivity index (χ3v) is 5.42. The van der Waals surface area contributed by atoms with Gasteiger partial charge in [-0.2, -0.15) is 0 Å². The fraction of sp³-hybridized carbons (Fsp3) is 0.154. The topological polar surface area (TPSA) is 87.7 Å². The summed E-state index contributed by atoms with van der Waals surface area (Å²) in [6.07, 6.45) is 3.25. The Labute approximate surface area is 186 Å². The molecular weight excluding hydrogens is 400 g/mol. The van der Waals surface area contributed by atoms with Crippen LogP contribution in [0.3, 0.4) is 0 Å². The number of amides is 1. The number of hydrogen-bond acceptors (Lipinski definition) is 4. The van der Waals surface area contributed by atoms with Gasteiger partial charge in [-0.1, -0.05) is 60.7 Å². The van der Waals surface area contributed by atoms with Crippen molar-refractivity contribution >= 4 is 5.91 Å². The first-order valence-electron chi connectivity index (χ1n) is 10.5. The van der Waals surface area contributed by atoms with Crippen LogP contribution >= 0.6 is 0 Å². The van der Waals surface area contributed by atoms with E-state index in [4.69, 9.17) is 0 Å². The predicted molar refractivity (Wildman–Crippen MR) is 124 cm³/mol. The molecule has 2 aromatic carbocycles. The van der Waals surface area contributed by atoms with Gasteiger partial charge < -0.3 is 10.3 Å². The Kier molecular flexibility index (Phi) is 6.51. The van der Waals surface area contributed by atoms with Crippen LogP contribution in [0.1, 0.15) is 28.3 Å². The molecule has 160 valence electrons. The fourth-order valence-corrected chi connectivity index (χ4v) is 3.70. The summed E-state index contributed by atoms with van der Waals surface area (Å²) in [4.78, 5) is 36.6. The van der Waals surface area contributed by atoms with E-state index in [1.165, 1.54) is 0 Å². The highest BCUT2D eigenvalue weighted by Gasteiger charge is 2.17. The average Bonchev–Trinajstić information content (AvgIpc) is 2.83. The molecule has 0 spiro atoms. The standard InChI is InChI=1S/C26H24N4O2/c1-18-22(26(32)30-25(29-18)21-12-14-27-15-13-21)16-24(31)28-17-23(19-8-4-2-5-9-19)20-10-6-3-7-11-20/h2-15,23H,16-17H2,1H3,(H,28,31)(H,29,30,32). The minimum atomic E-state index is -0.304. The molecule has 1 amide bonds. The second kappa shape index (κ2) is 9.83. The molecule has 4 rings (SSSR count). The maximum atomic E-state index is 12.7. The number of carbonyl (C=O) groups is 1. The van der Waals surface area contributed by atoms with Crippen molar-refractivity contribution in [2.45, 2.75) is 19.3 Å². The Hall–Kier alpha value is -4.06. The van der Waals surface area contributed by atoms with Crippen LogP contribution in [-0.4, -0.2) is 27.4 Å². The molecule has 0 bridgehead atoms. The predicted octanol–water partition coefficient (Wildman–Crippen LogP) is 3.63. The summed E-state index contributed by atoms with van der Waals surface area (Å²) in [5.41, 5.74) is 3.62. The van der Waals surface area contributed by atoms with Gasteiger partial charge in [-0.25, -0.2) is 4.98 Å². The lowest BCUT2D eigenvalue weighted by Crippen LogP contribution is -2.32. The molecule has 0 saturated carbocycles. The lowest BCUT2D eigenvalue weighted by atomic mass is 9.91. The summed E-state index contributed by atoms with van der Waals surface area (Å²) in [7, 11) is 0.